The lowest BCUT2D eigenvalue weighted by Gasteiger charge is -2.37. The van der Waals surface area contributed by atoms with Gasteiger partial charge in [0.2, 0.25) is 0 Å². The molecular formula is C33H37N5O2. The zero-order valence-corrected chi connectivity index (χ0v) is 23.9. The van der Waals surface area contributed by atoms with Crippen molar-refractivity contribution in [3.05, 3.63) is 95.4 Å². The summed E-state index contributed by atoms with van der Waals surface area (Å²) in [7, 11) is 1.85. The molecule has 7 nitrogen and oxygen atoms in total. The molecule has 1 saturated heterocycles. The number of aromatic nitrogens is 2. The molecule has 0 aliphatic carbocycles. The SMILES string of the molecule is Cc1cc(C)nc(N2CCN(c3ccc(NC(=O)C(=O)c4c(-c5ccccc5)cc(C(C)C)n4C)cc3)CC2)c1. The van der Waals surface area contributed by atoms with Crippen LogP contribution in [0.15, 0.2) is 72.8 Å². The van der Waals surface area contributed by atoms with Gasteiger partial charge in [0.25, 0.3) is 11.7 Å². The molecule has 1 fully saturated rings. The van der Waals surface area contributed by atoms with Gasteiger partial charge in [-0.2, -0.15) is 0 Å². The summed E-state index contributed by atoms with van der Waals surface area (Å²) in [5.41, 5.74) is 7.05. The van der Waals surface area contributed by atoms with E-state index in [1.807, 2.05) is 79.2 Å². The minimum Gasteiger partial charge on any atom is -0.368 e. The van der Waals surface area contributed by atoms with E-state index in [-0.39, 0.29) is 5.92 Å². The number of piperazine rings is 1. The van der Waals surface area contributed by atoms with E-state index in [9.17, 15) is 9.59 Å². The van der Waals surface area contributed by atoms with Crippen molar-refractivity contribution in [2.75, 3.05) is 41.3 Å². The van der Waals surface area contributed by atoms with Gasteiger partial charge in [-0.15, -0.1) is 0 Å². The van der Waals surface area contributed by atoms with Crippen LogP contribution in [0.3, 0.4) is 0 Å². The zero-order valence-electron chi connectivity index (χ0n) is 23.9. The van der Waals surface area contributed by atoms with Crippen molar-refractivity contribution in [1.82, 2.24) is 9.55 Å². The van der Waals surface area contributed by atoms with Crippen LogP contribution in [0, 0.1) is 13.8 Å². The molecule has 40 heavy (non-hydrogen) atoms. The summed E-state index contributed by atoms with van der Waals surface area (Å²) < 4.78 is 1.85. The lowest BCUT2D eigenvalue weighted by Crippen LogP contribution is -2.46. The van der Waals surface area contributed by atoms with Crippen molar-refractivity contribution in [3.63, 3.8) is 0 Å². The minimum atomic E-state index is -0.643. The van der Waals surface area contributed by atoms with Crippen LogP contribution < -0.4 is 15.1 Å². The predicted octanol–water partition coefficient (Wildman–Crippen LogP) is 5.98. The molecule has 1 aliphatic heterocycles. The van der Waals surface area contributed by atoms with Gasteiger partial charge >= 0.3 is 0 Å². The van der Waals surface area contributed by atoms with Gasteiger partial charge in [-0.25, -0.2) is 4.98 Å². The van der Waals surface area contributed by atoms with Gasteiger partial charge in [0.1, 0.15) is 11.5 Å². The van der Waals surface area contributed by atoms with E-state index in [0.29, 0.717) is 11.4 Å². The number of ketones is 1. The lowest BCUT2D eigenvalue weighted by atomic mass is 10.0. The summed E-state index contributed by atoms with van der Waals surface area (Å²) in [5.74, 6) is 0.0576. The number of pyridine rings is 1. The number of Topliss-reactive ketones (excluding diaryl/α,β-unsaturated/α-hetero) is 1. The van der Waals surface area contributed by atoms with Crippen LogP contribution >= 0.6 is 0 Å². The Morgan fingerprint density at radius 1 is 0.850 bits per heavy atom. The number of rotatable bonds is 7. The number of nitrogens with zero attached hydrogens (tertiary/aromatic N) is 4. The van der Waals surface area contributed by atoms with Crippen molar-refractivity contribution >= 4 is 28.9 Å². The highest BCUT2D eigenvalue weighted by Crippen LogP contribution is 2.31. The van der Waals surface area contributed by atoms with E-state index in [4.69, 9.17) is 4.98 Å². The molecule has 206 valence electrons. The first-order chi connectivity index (χ1) is 19.2. The minimum absolute atomic E-state index is 0.212. The highest BCUT2D eigenvalue weighted by molar-refractivity contribution is 6.47. The maximum absolute atomic E-state index is 13.5. The van der Waals surface area contributed by atoms with Gasteiger partial charge in [0, 0.05) is 61.6 Å². The Hall–Kier alpha value is -4.39. The third-order valence-electron chi connectivity index (χ3n) is 7.55. The van der Waals surface area contributed by atoms with Gasteiger partial charge in [-0.3, -0.25) is 9.59 Å². The summed E-state index contributed by atoms with van der Waals surface area (Å²) in [4.78, 5) is 36.0. The average molecular weight is 536 g/mol. The molecule has 5 rings (SSSR count). The monoisotopic (exact) mass is 535 g/mol. The Balaban J connectivity index is 1.26. The molecule has 4 aromatic rings. The summed E-state index contributed by atoms with van der Waals surface area (Å²) in [6.07, 6.45) is 0. The van der Waals surface area contributed by atoms with Crippen LogP contribution in [0.5, 0.6) is 0 Å². The Morgan fingerprint density at radius 2 is 1.50 bits per heavy atom. The molecule has 3 heterocycles. The first-order valence-corrected chi connectivity index (χ1v) is 13.9. The topological polar surface area (TPSA) is 70.5 Å². The second-order valence-corrected chi connectivity index (χ2v) is 10.9. The fraction of sp³-hybridized carbons (Fsp3) is 0.303. The molecular weight excluding hydrogens is 498 g/mol. The number of carbonyl (C=O) groups is 2. The molecule has 0 saturated carbocycles. The van der Waals surface area contributed by atoms with Gasteiger partial charge in [-0.1, -0.05) is 44.2 Å². The Kier molecular flexibility index (Phi) is 7.74. The summed E-state index contributed by atoms with van der Waals surface area (Å²) in [6.45, 7) is 11.8. The van der Waals surface area contributed by atoms with Crippen LogP contribution in [0.4, 0.5) is 17.2 Å². The summed E-state index contributed by atoms with van der Waals surface area (Å²) in [6, 6.07) is 23.7. The van der Waals surface area contributed by atoms with Crippen molar-refractivity contribution in [3.8, 4) is 11.1 Å². The highest BCUT2D eigenvalue weighted by atomic mass is 16.2. The van der Waals surface area contributed by atoms with E-state index in [2.05, 4.69) is 48.0 Å². The zero-order chi connectivity index (χ0) is 28.4. The molecule has 0 spiro atoms. The van der Waals surface area contributed by atoms with E-state index in [1.54, 1.807) is 0 Å². The normalized spacial score (nSPS) is 13.6. The van der Waals surface area contributed by atoms with Crippen LogP contribution in [-0.4, -0.2) is 47.4 Å². The third-order valence-corrected chi connectivity index (χ3v) is 7.55. The number of aryl methyl sites for hydroxylation is 2. The second kappa shape index (κ2) is 11.4. The van der Waals surface area contributed by atoms with Gasteiger partial charge in [-0.05, 0) is 73.4 Å². The fourth-order valence-corrected chi connectivity index (χ4v) is 5.52. The molecule has 2 aromatic carbocycles. The molecule has 1 N–H and O–H groups in total. The molecule has 0 bridgehead atoms. The fourth-order valence-electron chi connectivity index (χ4n) is 5.52. The molecule has 1 aliphatic rings. The Bertz CT molecular complexity index is 1490. The molecule has 0 unspecified atom stereocenters. The van der Waals surface area contributed by atoms with Crippen LogP contribution in [0.1, 0.15) is 47.2 Å². The van der Waals surface area contributed by atoms with E-state index in [0.717, 1.165) is 60.2 Å². The van der Waals surface area contributed by atoms with Crippen LogP contribution in [-0.2, 0) is 11.8 Å². The summed E-state index contributed by atoms with van der Waals surface area (Å²) >= 11 is 0. The van der Waals surface area contributed by atoms with E-state index < -0.39 is 11.7 Å². The first-order valence-electron chi connectivity index (χ1n) is 13.9. The smallest absolute Gasteiger partial charge is 0.298 e. The van der Waals surface area contributed by atoms with Gasteiger partial charge in [0.05, 0.1) is 0 Å². The number of nitrogens with one attached hydrogen (secondary N) is 1. The van der Waals surface area contributed by atoms with Crippen LogP contribution in [0.2, 0.25) is 0 Å². The molecule has 7 heteroatoms. The largest absolute Gasteiger partial charge is 0.368 e. The predicted molar refractivity (Wildman–Crippen MR) is 162 cm³/mol. The Morgan fingerprint density at radius 3 is 2.12 bits per heavy atom. The maximum atomic E-state index is 13.5. The number of anilines is 3. The van der Waals surface area contributed by atoms with Crippen molar-refractivity contribution in [2.24, 2.45) is 7.05 Å². The number of hydrogen-bond donors (Lipinski definition) is 1. The highest BCUT2D eigenvalue weighted by Gasteiger charge is 2.27. The second-order valence-electron chi connectivity index (χ2n) is 10.9. The Labute approximate surface area is 236 Å². The number of carbonyl (C=O) groups excluding carboxylic acids is 2. The number of amides is 1. The molecule has 1 amide bonds. The van der Waals surface area contributed by atoms with E-state index >= 15 is 0 Å². The summed E-state index contributed by atoms with van der Waals surface area (Å²) in [5, 5.41) is 2.82. The molecule has 2 aromatic heterocycles. The number of hydrogen-bond acceptors (Lipinski definition) is 5. The maximum Gasteiger partial charge on any atom is 0.298 e. The molecule has 0 atom stereocenters. The third kappa shape index (κ3) is 5.64. The van der Waals surface area contributed by atoms with E-state index in [1.165, 1.54) is 5.56 Å². The lowest BCUT2D eigenvalue weighted by molar-refractivity contribution is -0.112. The van der Waals surface area contributed by atoms with Crippen molar-refractivity contribution in [2.45, 2.75) is 33.6 Å². The van der Waals surface area contributed by atoms with Crippen LogP contribution in [0.25, 0.3) is 11.1 Å². The molecule has 0 radical (unpaired) electrons. The van der Waals surface area contributed by atoms with Crippen molar-refractivity contribution in [1.29, 1.82) is 0 Å². The van der Waals surface area contributed by atoms with Crippen molar-refractivity contribution < 1.29 is 9.59 Å². The quantitative estimate of drug-likeness (QED) is 0.233. The first kappa shape index (κ1) is 27.2. The van der Waals surface area contributed by atoms with Gasteiger partial charge < -0.3 is 19.7 Å². The number of benzene rings is 2. The standard InChI is InChI=1S/C33H37N5O2/c1-22(2)29-21-28(25-9-7-6-8-10-25)31(36(29)5)32(39)33(40)35-26-11-13-27(14-12-26)37-15-17-38(18-16-37)30-20-23(3)19-24(4)34-30/h6-14,19-22H,15-18H2,1-5H3,(H,35,40). The average Bonchev–Trinajstić information content (AvgIpc) is 3.30. The van der Waals surface area contributed by atoms with Gasteiger partial charge in [0.15, 0.2) is 0 Å².